The molecule has 0 saturated heterocycles. The Balaban J connectivity index is 1.66. The molecule has 0 spiro atoms. The Bertz CT molecular complexity index is 1150. The summed E-state index contributed by atoms with van der Waals surface area (Å²) in [4.78, 5) is 19.4. The fourth-order valence-electron chi connectivity index (χ4n) is 4.43. The number of fused-ring (bicyclic) bond motifs is 2. The van der Waals surface area contributed by atoms with Gasteiger partial charge < -0.3 is 9.84 Å². The zero-order valence-corrected chi connectivity index (χ0v) is 19.5. The van der Waals surface area contributed by atoms with E-state index in [1.54, 1.807) is 0 Å². The van der Waals surface area contributed by atoms with Gasteiger partial charge >= 0.3 is 5.97 Å². The molecule has 0 amide bonds. The van der Waals surface area contributed by atoms with Crippen molar-refractivity contribution < 1.29 is 14.6 Å². The number of hydrogen-bond acceptors (Lipinski definition) is 4. The van der Waals surface area contributed by atoms with Crippen LogP contribution in [0.1, 0.15) is 66.7 Å². The molecule has 1 aliphatic rings. The normalized spacial score (nSPS) is 15.0. The summed E-state index contributed by atoms with van der Waals surface area (Å²) in [6, 6.07) is 15.6. The van der Waals surface area contributed by atoms with Crippen LogP contribution in [0.4, 0.5) is 0 Å². The van der Waals surface area contributed by atoms with Gasteiger partial charge in [0, 0.05) is 24.0 Å². The van der Waals surface area contributed by atoms with E-state index in [1.165, 1.54) is 19.3 Å². The van der Waals surface area contributed by atoms with Gasteiger partial charge in [-0.3, -0.25) is 4.90 Å². The number of aromatic carboxylic acids is 1. The van der Waals surface area contributed by atoms with E-state index in [4.69, 9.17) is 9.72 Å². The largest absolute Gasteiger partial charge is 0.494 e. The highest BCUT2D eigenvalue weighted by Gasteiger charge is 2.27. The lowest BCUT2D eigenvalue weighted by Crippen LogP contribution is -2.31. The van der Waals surface area contributed by atoms with E-state index in [2.05, 4.69) is 37.0 Å². The van der Waals surface area contributed by atoms with Crippen LogP contribution in [-0.2, 0) is 6.54 Å². The van der Waals surface area contributed by atoms with Crippen molar-refractivity contribution in [3.8, 4) is 5.75 Å². The quantitative estimate of drug-likeness (QED) is 0.394. The summed E-state index contributed by atoms with van der Waals surface area (Å²) < 4.78 is 5.87. The van der Waals surface area contributed by atoms with Gasteiger partial charge in [-0.2, -0.15) is 0 Å². The average Bonchev–Trinajstić information content (AvgIpc) is 2.83. The standard InChI is InChI=1S/C28H32N2O3/c1-3-5-6-9-16-33-22-14-12-20(13-15-22)17-21-18-30(4-2)19-24-26(28(31)32)23-10-7-8-11-25(23)29-27(21)24/h7-8,10-15,17H,3-6,9,16,18-19H2,1-2H3,(H,31,32)/b21-17+. The number of aromatic nitrogens is 1. The van der Waals surface area contributed by atoms with Crippen LogP contribution >= 0.6 is 0 Å². The summed E-state index contributed by atoms with van der Waals surface area (Å²) in [6.07, 6.45) is 6.88. The van der Waals surface area contributed by atoms with Crippen molar-refractivity contribution in [1.82, 2.24) is 9.88 Å². The molecule has 3 aromatic rings. The van der Waals surface area contributed by atoms with E-state index in [9.17, 15) is 9.90 Å². The SMILES string of the molecule is CCCCCCOc1ccc(/C=C2\CN(CC)Cc3c2nc2ccccc2c3C(=O)O)cc1. The lowest BCUT2D eigenvalue weighted by atomic mass is 9.92. The molecule has 0 bridgehead atoms. The third-order valence-corrected chi connectivity index (χ3v) is 6.22. The second-order valence-electron chi connectivity index (χ2n) is 8.59. The number of pyridine rings is 1. The molecule has 0 aliphatic carbocycles. The molecule has 2 aromatic carbocycles. The molecule has 33 heavy (non-hydrogen) atoms. The van der Waals surface area contributed by atoms with E-state index in [0.717, 1.165) is 59.8 Å². The van der Waals surface area contributed by atoms with E-state index < -0.39 is 5.97 Å². The van der Waals surface area contributed by atoms with Crippen molar-refractivity contribution in [1.29, 1.82) is 0 Å². The summed E-state index contributed by atoms with van der Waals surface area (Å²) in [5.41, 5.74) is 4.78. The van der Waals surface area contributed by atoms with Gasteiger partial charge in [0.25, 0.3) is 0 Å². The van der Waals surface area contributed by atoms with Crippen molar-refractivity contribution in [2.75, 3.05) is 19.7 Å². The number of benzene rings is 2. The summed E-state index contributed by atoms with van der Waals surface area (Å²) in [7, 11) is 0. The molecule has 4 rings (SSSR count). The van der Waals surface area contributed by atoms with E-state index in [-0.39, 0.29) is 0 Å². The lowest BCUT2D eigenvalue weighted by molar-refractivity contribution is 0.0696. The molecule has 1 N–H and O–H groups in total. The number of carboxylic acids is 1. The van der Waals surface area contributed by atoms with Crippen molar-refractivity contribution in [3.63, 3.8) is 0 Å². The summed E-state index contributed by atoms with van der Waals surface area (Å²) in [6.45, 7) is 7.22. The number of para-hydroxylation sites is 1. The smallest absolute Gasteiger partial charge is 0.336 e. The maximum Gasteiger partial charge on any atom is 0.336 e. The zero-order valence-electron chi connectivity index (χ0n) is 19.5. The van der Waals surface area contributed by atoms with Gasteiger partial charge in [0.05, 0.1) is 23.4 Å². The minimum atomic E-state index is -0.900. The first-order valence-electron chi connectivity index (χ1n) is 11.9. The van der Waals surface area contributed by atoms with Gasteiger partial charge in [0.1, 0.15) is 5.75 Å². The number of unbranched alkanes of at least 4 members (excludes halogenated alkanes) is 3. The lowest BCUT2D eigenvalue weighted by Gasteiger charge is -2.30. The van der Waals surface area contributed by atoms with E-state index in [0.29, 0.717) is 17.5 Å². The van der Waals surface area contributed by atoms with Gasteiger partial charge in [-0.1, -0.05) is 63.4 Å². The Kier molecular flexibility index (Phi) is 7.40. The second kappa shape index (κ2) is 10.6. The van der Waals surface area contributed by atoms with Gasteiger partial charge in [-0.15, -0.1) is 0 Å². The van der Waals surface area contributed by atoms with Crippen LogP contribution in [0.15, 0.2) is 48.5 Å². The fraction of sp³-hybridized carbons (Fsp3) is 0.357. The Morgan fingerprint density at radius 3 is 2.58 bits per heavy atom. The Hall–Kier alpha value is -3.18. The minimum Gasteiger partial charge on any atom is -0.494 e. The molecular formula is C28H32N2O3. The van der Waals surface area contributed by atoms with Crippen molar-refractivity contribution in [3.05, 3.63) is 70.9 Å². The number of carboxylic acid groups (broad SMARTS) is 1. The number of nitrogens with zero attached hydrogens (tertiary/aromatic N) is 2. The third-order valence-electron chi connectivity index (χ3n) is 6.22. The number of carbonyl (C=O) groups is 1. The molecule has 2 heterocycles. The molecule has 0 unspecified atom stereocenters. The maximum absolute atomic E-state index is 12.2. The minimum absolute atomic E-state index is 0.367. The van der Waals surface area contributed by atoms with E-state index >= 15 is 0 Å². The molecule has 0 fully saturated rings. The summed E-state index contributed by atoms with van der Waals surface area (Å²) in [5, 5.41) is 10.7. The van der Waals surface area contributed by atoms with Crippen molar-refractivity contribution in [2.45, 2.75) is 46.1 Å². The van der Waals surface area contributed by atoms with Crippen LogP contribution in [0, 0.1) is 0 Å². The fourth-order valence-corrected chi connectivity index (χ4v) is 4.43. The number of hydrogen-bond donors (Lipinski definition) is 1. The van der Waals surface area contributed by atoms with Crippen molar-refractivity contribution >= 4 is 28.5 Å². The first kappa shape index (κ1) is 23.0. The topological polar surface area (TPSA) is 62.7 Å². The highest BCUT2D eigenvalue weighted by Crippen LogP contribution is 2.34. The molecule has 1 aliphatic heterocycles. The Labute approximate surface area is 195 Å². The van der Waals surface area contributed by atoms with Crippen LogP contribution in [0.5, 0.6) is 5.75 Å². The van der Waals surface area contributed by atoms with Gasteiger partial charge in [0.15, 0.2) is 0 Å². The predicted octanol–water partition coefficient (Wildman–Crippen LogP) is 6.27. The van der Waals surface area contributed by atoms with Gasteiger partial charge in [-0.05, 0) is 48.4 Å². The Morgan fingerprint density at radius 2 is 1.85 bits per heavy atom. The first-order valence-corrected chi connectivity index (χ1v) is 11.9. The Morgan fingerprint density at radius 1 is 1.06 bits per heavy atom. The molecule has 5 nitrogen and oxygen atoms in total. The number of rotatable bonds is 9. The van der Waals surface area contributed by atoms with Crippen LogP contribution < -0.4 is 4.74 Å². The van der Waals surface area contributed by atoms with Crippen molar-refractivity contribution in [2.24, 2.45) is 0 Å². The average molecular weight is 445 g/mol. The van der Waals surface area contributed by atoms with Gasteiger partial charge in [-0.25, -0.2) is 9.78 Å². The molecule has 0 saturated carbocycles. The van der Waals surface area contributed by atoms with E-state index in [1.807, 2.05) is 36.4 Å². The highest BCUT2D eigenvalue weighted by molar-refractivity contribution is 6.06. The summed E-state index contributed by atoms with van der Waals surface area (Å²) in [5.74, 6) is -0.0206. The molecular weight excluding hydrogens is 412 g/mol. The van der Waals surface area contributed by atoms with Crippen LogP contribution in [0.2, 0.25) is 0 Å². The molecule has 0 radical (unpaired) electrons. The number of ether oxygens (including phenoxy) is 1. The predicted molar refractivity (Wildman–Crippen MR) is 134 cm³/mol. The first-order chi connectivity index (χ1) is 16.1. The van der Waals surface area contributed by atoms with Crippen LogP contribution in [-0.4, -0.2) is 40.7 Å². The summed E-state index contributed by atoms with van der Waals surface area (Å²) >= 11 is 0. The van der Waals surface area contributed by atoms with Crippen LogP contribution in [0.3, 0.4) is 0 Å². The molecule has 5 heteroatoms. The van der Waals surface area contributed by atoms with Gasteiger partial charge in [0.2, 0.25) is 0 Å². The molecule has 1 aromatic heterocycles. The molecule has 172 valence electrons. The monoisotopic (exact) mass is 444 g/mol. The highest BCUT2D eigenvalue weighted by atomic mass is 16.5. The number of likely N-dealkylation sites (N-methyl/N-ethyl adjacent to an activating group) is 1. The maximum atomic E-state index is 12.2. The molecule has 0 atom stereocenters. The van der Waals surface area contributed by atoms with Crippen LogP contribution in [0.25, 0.3) is 22.6 Å². The second-order valence-corrected chi connectivity index (χ2v) is 8.59. The third kappa shape index (κ3) is 5.25. The zero-order chi connectivity index (χ0) is 23.2.